The second-order valence-electron chi connectivity index (χ2n) is 15.0. The van der Waals surface area contributed by atoms with Crippen molar-refractivity contribution in [3.8, 4) is 11.8 Å². The number of carbonyl (C=O) groups excluding carboxylic acids is 1. The number of benzene rings is 4. The summed E-state index contributed by atoms with van der Waals surface area (Å²) in [4.78, 5) is 49.3. The van der Waals surface area contributed by atoms with E-state index < -0.39 is 46.4 Å². The number of nitrogens with zero attached hydrogens (tertiary/aromatic N) is 3. The predicted octanol–water partition coefficient (Wildman–Crippen LogP) is 6.37. The summed E-state index contributed by atoms with van der Waals surface area (Å²) in [6.07, 6.45) is 0.660. The van der Waals surface area contributed by atoms with Crippen LogP contribution in [-0.2, 0) is 30.8 Å². The van der Waals surface area contributed by atoms with Gasteiger partial charge in [0.25, 0.3) is 5.91 Å². The van der Waals surface area contributed by atoms with Crippen molar-refractivity contribution in [1.29, 1.82) is 5.26 Å². The number of likely N-dealkylation sites (N-methyl/N-ethyl adjacent to an activating group) is 1. The second-order valence-corrected chi connectivity index (χ2v) is 17.6. The fourth-order valence-corrected chi connectivity index (χ4v) is 9.14. The first-order valence-corrected chi connectivity index (χ1v) is 21.9. The highest BCUT2D eigenvalue weighted by atomic mass is 35.5. The molecule has 1 aliphatic heterocycles. The van der Waals surface area contributed by atoms with Gasteiger partial charge in [0.1, 0.15) is 11.8 Å². The molecule has 332 valence electrons. The van der Waals surface area contributed by atoms with Crippen LogP contribution in [0.4, 0.5) is 0 Å². The number of carboxylic acids is 3. The van der Waals surface area contributed by atoms with Gasteiger partial charge in [0.15, 0.2) is 5.60 Å². The lowest BCUT2D eigenvalue weighted by atomic mass is 9.88. The van der Waals surface area contributed by atoms with E-state index in [1.807, 2.05) is 55.5 Å². The third-order valence-corrected chi connectivity index (χ3v) is 13.2. The summed E-state index contributed by atoms with van der Waals surface area (Å²) >= 11 is 12.8. The molecular formula is C44H50Cl2N4O11S. The van der Waals surface area contributed by atoms with Crippen LogP contribution in [0.25, 0.3) is 10.8 Å². The van der Waals surface area contributed by atoms with E-state index in [1.54, 1.807) is 37.3 Å². The Balaban J connectivity index is 0.000000562. The molecule has 0 aliphatic carbocycles. The standard InChI is InChI=1S/C38H42Cl2N4O4S.C6H8O7/c1-5-28-32(23-41)37(48-4)31-12-7-6-11-30(31)36(28)38(45)43(3)24-27(26-14-15-33(39)34(40)22-26)18-21-44-19-16-25(17-20-44)29-10-8-9-13-35(29)49(46,47)42-2;7-3(8)1-6(13,5(11)12)2-4(9)10/h6-15,22,25,27,42H,5,16-21,24H2,1-4H3;13H,1-2H2,(H,7,8)(H,9,10)(H,11,12). The first-order chi connectivity index (χ1) is 29.3. The Morgan fingerprint density at radius 2 is 1.56 bits per heavy atom. The SMILES string of the molecule is CCc1c(C#N)c(OC)c2ccccc2c1C(=O)N(C)CC(CCN1CCC(c2ccccc2S(=O)(=O)NC)CC1)c1ccc(Cl)c(Cl)c1.O=C(O)CC(O)(CC(=O)O)C(=O)O. The van der Waals surface area contributed by atoms with Gasteiger partial charge in [-0.15, -0.1) is 0 Å². The maximum Gasteiger partial charge on any atom is 0.336 e. The summed E-state index contributed by atoms with van der Waals surface area (Å²) in [5.41, 5.74) is 0.695. The lowest BCUT2D eigenvalue weighted by Crippen LogP contribution is -2.42. The molecule has 1 fully saturated rings. The number of methoxy groups -OCH3 is 1. The van der Waals surface area contributed by atoms with Crippen molar-refractivity contribution in [2.24, 2.45) is 0 Å². The Hall–Kier alpha value is -5.28. The summed E-state index contributed by atoms with van der Waals surface area (Å²) in [6.45, 7) is 4.82. The van der Waals surface area contributed by atoms with Crippen LogP contribution in [0.15, 0.2) is 71.6 Å². The fraction of sp³-hybridized carbons (Fsp3) is 0.386. The van der Waals surface area contributed by atoms with E-state index in [9.17, 15) is 32.9 Å². The van der Waals surface area contributed by atoms with Gasteiger partial charge in [0.05, 0.1) is 46.0 Å². The number of hydrogen-bond donors (Lipinski definition) is 5. The van der Waals surface area contributed by atoms with Crippen LogP contribution in [0, 0.1) is 11.3 Å². The number of piperidine rings is 1. The summed E-state index contributed by atoms with van der Waals surface area (Å²) in [6, 6.07) is 22.7. The Morgan fingerprint density at radius 3 is 2.10 bits per heavy atom. The zero-order chi connectivity index (χ0) is 45.9. The summed E-state index contributed by atoms with van der Waals surface area (Å²) in [7, 11) is 1.24. The third kappa shape index (κ3) is 11.8. The molecule has 0 radical (unpaired) electrons. The molecule has 4 aromatic rings. The van der Waals surface area contributed by atoms with Gasteiger partial charge in [-0.2, -0.15) is 5.26 Å². The molecule has 5 rings (SSSR count). The van der Waals surface area contributed by atoms with Gasteiger partial charge >= 0.3 is 17.9 Å². The van der Waals surface area contributed by atoms with Crippen LogP contribution in [0.5, 0.6) is 5.75 Å². The van der Waals surface area contributed by atoms with Crippen molar-refractivity contribution in [2.75, 3.05) is 47.4 Å². The first-order valence-electron chi connectivity index (χ1n) is 19.7. The van der Waals surface area contributed by atoms with Crippen LogP contribution >= 0.6 is 23.2 Å². The van der Waals surface area contributed by atoms with Crippen molar-refractivity contribution in [2.45, 2.75) is 67.8 Å². The van der Waals surface area contributed by atoms with Gasteiger partial charge in [0, 0.05) is 24.9 Å². The zero-order valence-electron chi connectivity index (χ0n) is 34.7. The highest BCUT2D eigenvalue weighted by Gasteiger charge is 2.41. The summed E-state index contributed by atoms with van der Waals surface area (Å²) in [5, 5.41) is 46.4. The molecule has 15 nitrogen and oxygen atoms in total. The smallest absolute Gasteiger partial charge is 0.336 e. The maximum atomic E-state index is 14.4. The number of nitriles is 1. The average Bonchev–Trinajstić information content (AvgIpc) is 3.24. The van der Waals surface area contributed by atoms with Crippen LogP contribution < -0.4 is 9.46 Å². The molecule has 1 heterocycles. The molecular weight excluding hydrogens is 863 g/mol. The van der Waals surface area contributed by atoms with Gasteiger partial charge in [-0.25, -0.2) is 17.9 Å². The van der Waals surface area contributed by atoms with Gasteiger partial charge in [-0.1, -0.05) is 78.7 Å². The Kier molecular flexibility index (Phi) is 17.3. The monoisotopic (exact) mass is 912 g/mol. The van der Waals surface area contributed by atoms with E-state index in [0.717, 1.165) is 60.8 Å². The number of carboxylic acid groups (broad SMARTS) is 3. The van der Waals surface area contributed by atoms with E-state index >= 15 is 0 Å². The van der Waals surface area contributed by atoms with E-state index in [1.165, 1.54) is 7.05 Å². The number of hydrogen-bond acceptors (Lipinski definition) is 10. The molecule has 0 aromatic heterocycles. The number of aliphatic carboxylic acids is 3. The number of nitrogens with one attached hydrogen (secondary N) is 1. The average molecular weight is 914 g/mol. The number of fused-ring (bicyclic) bond motifs is 1. The third-order valence-electron chi connectivity index (χ3n) is 11.0. The molecule has 5 N–H and O–H groups in total. The van der Waals surface area contributed by atoms with Crippen molar-refractivity contribution in [1.82, 2.24) is 14.5 Å². The van der Waals surface area contributed by atoms with Gasteiger partial charge in [0.2, 0.25) is 10.0 Å². The Bertz CT molecular complexity index is 2440. The van der Waals surface area contributed by atoms with Crippen molar-refractivity contribution >= 4 is 67.8 Å². The Morgan fingerprint density at radius 1 is 0.968 bits per heavy atom. The number of carbonyl (C=O) groups is 4. The van der Waals surface area contributed by atoms with Gasteiger partial charge in [-0.05, 0) is 98.6 Å². The molecule has 1 unspecified atom stereocenters. The van der Waals surface area contributed by atoms with Crippen molar-refractivity contribution in [3.63, 3.8) is 0 Å². The highest BCUT2D eigenvalue weighted by molar-refractivity contribution is 7.89. The minimum Gasteiger partial charge on any atom is -0.495 e. The maximum absolute atomic E-state index is 14.4. The number of amides is 1. The molecule has 1 amide bonds. The molecule has 0 spiro atoms. The van der Waals surface area contributed by atoms with Crippen LogP contribution in [0.1, 0.15) is 83.5 Å². The van der Waals surface area contributed by atoms with Gasteiger partial charge in [-0.3, -0.25) is 14.4 Å². The normalized spacial score (nSPS) is 14.0. The van der Waals surface area contributed by atoms with Gasteiger partial charge < -0.3 is 35.0 Å². The largest absolute Gasteiger partial charge is 0.495 e. The van der Waals surface area contributed by atoms with Crippen molar-refractivity contribution in [3.05, 3.63) is 105 Å². The molecule has 1 atom stereocenters. The van der Waals surface area contributed by atoms with Crippen LogP contribution in [0.2, 0.25) is 10.0 Å². The highest BCUT2D eigenvalue weighted by Crippen LogP contribution is 2.38. The lowest BCUT2D eigenvalue weighted by molar-refractivity contribution is -0.170. The number of ether oxygens (including phenoxy) is 1. The van der Waals surface area contributed by atoms with Crippen molar-refractivity contribution < 1.29 is 52.8 Å². The molecule has 0 bridgehead atoms. The zero-order valence-corrected chi connectivity index (χ0v) is 37.1. The number of rotatable bonds is 17. The number of halogens is 2. The fourth-order valence-electron chi connectivity index (χ4n) is 7.81. The molecule has 62 heavy (non-hydrogen) atoms. The lowest BCUT2D eigenvalue weighted by Gasteiger charge is -2.34. The predicted molar refractivity (Wildman–Crippen MR) is 234 cm³/mol. The minimum absolute atomic E-state index is 0.0482. The molecule has 1 aliphatic rings. The summed E-state index contributed by atoms with van der Waals surface area (Å²) < 4.78 is 33.5. The van der Waals surface area contributed by atoms with E-state index in [4.69, 9.17) is 48.4 Å². The van der Waals surface area contributed by atoms with Crippen LogP contribution in [-0.4, -0.2) is 115 Å². The van der Waals surface area contributed by atoms with Crippen LogP contribution in [0.3, 0.4) is 0 Å². The topological polar surface area (TPSA) is 235 Å². The Labute approximate surface area is 370 Å². The van der Waals surface area contributed by atoms with E-state index in [2.05, 4.69) is 15.7 Å². The molecule has 1 saturated heterocycles. The van der Waals surface area contributed by atoms with E-state index in [-0.39, 0.29) is 17.7 Å². The second kappa shape index (κ2) is 21.7. The molecule has 0 saturated carbocycles. The first kappa shape index (κ1) is 49.4. The quantitative estimate of drug-likeness (QED) is 0.0775. The number of aliphatic hydroxyl groups is 1. The minimum atomic E-state index is -3.55. The molecule has 18 heteroatoms. The molecule has 4 aromatic carbocycles. The number of likely N-dealkylation sites (tertiary alicyclic amines) is 1. The number of sulfonamides is 1. The summed E-state index contributed by atoms with van der Waals surface area (Å²) in [5.74, 6) is -4.59. The van der Waals surface area contributed by atoms with E-state index in [0.29, 0.717) is 50.3 Å².